The van der Waals surface area contributed by atoms with Crippen LogP contribution in [-0.4, -0.2) is 17.1 Å². The maximum atomic E-state index is 6.05. The Morgan fingerprint density at radius 3 is 2.53 bits per heavy atom. The molecular formula is C12H14ClN3O. The van der Waals surface area contributed by atoms with Gasteiger partial charge in [0, 0.05) is 5.56 Å². The van der Waals surface area contributed by atoms with Gasteiger partial charge in [0.2, 0.25) is 0 Å². The van der Waals surface area contributed by atoms with E-state index < -0.39 is 0 Å². The largest absolute Gasteiger partial charge is 0.496 e. The number of hydrogen-bond acceptors (Lipinski definition) is 3. The van der Waals surface area contributed by atoms with Gasteiger partial charge in [-0.05, 0) is 37.1 Å². The Morgan fingerprint density at radius 2 is 2.00 bits per heavy atom. The van der Waals surface area contributed by atoms with Gasteiger partial charge in [0.05, 0.1) is 7.11 Å². The molecule has 0 unspecified atom stereocenters. The third-order valence-electron chi connectivity index (χ3n) is 2.89. The molecule has 90 valence electrons. The molecule has 2 aromatic rings. The first-order valence-electron chi connectivity index (χ1n) is 5.20. The lowest BCUT2D eigenvalue weighted by Gasteiger charge is -2.11. The third kappa shape index (κ3) is 1.96. The monoisotopic (exact) mass is 251 g/mol. The minimum Gasteiger partial charge on any atom is -0.496 e. The molecule has 0 radical (unpaired) electrons. The van der Waals surface area contributed by atoms with Crippen molar-refractivity contribution < 1.29 is 4.74 Å². The maximum Gasteiger partial charge on any atom is 0.199 e. The molecule has 0 fully saturated rings. The van der Waals surface area contributed by atoms with Gasteiger partial charge in [0.25, 0.3) is 0 Å². The summed E-state index contributed by atoms with van der Waals surface area (Å²) in [4.78, 5) is 6.97. The summed E-state index contributed by atoms with van der Waals surface area (Å²) < 4.78 is 5.27. The Labute approximate surface area is 105 Å². The molecule has 0 aliphatic carbocycles. The molecule has 17 heavy (non-hydrogen) atoms. The fourth-order valence-corrected chi connectivity index (χ4v) is 2.06. The van der Waals surface area contributed by atoms with E-state index in [4.69, 9.17) is 22.1 Å². The van der Waals surface area contributed by atoms with Gasteiger partial charge in [-0.1, -0.05) is 11.6 Å². The van der Waals surface area contributed by atoms with Crippen molar-refractivity contribution in [1.29, 1.82) is 0 Å². The van der Waals surface area contributed by atoms with Gasteiger partial charge in [0.1, 0.15) is 16.6 Å². The number of halogens is 1. The van der Waals surface area contributed by atoms with Crippen molar-refractivity contribution in [3.8, 4) is 17.0 Å². The number of nitrogens with one attached hydrogen (secondary N) is 1. The second-order valence-corrected chi connectivity index (χ2v) is 4.23. The van der Waals surface area contributed by atoms with Gasteiger partial charge in [-0.15, -0.1) is 0 Å². The highest BCUT2D eigenvalue weighted by molar-refractivity contribution is 6.32. The quantitative estimate of drug-likeness (QED) is 0.863. The van der Waals surface area contributed by atoms with Gasteiger partial charge in [0.15, 0.2) is 5.95 Å². The zero-order valence-electron chi connectivity index (χ0n) is 9.97. The molecule has 0 atom stereocenters. The minimum atomic E-state index is 0.317. The molecule has 4 nitrogen and oxygen atoms in total. The first kappa shape index (κ1) is 11.8. The van der Waals surface area contributed by atoms with Crippen LogP contribution in [0.4, 0.5) is 5.95 Å². The number of nitrogens with two attached hydrogens (primary N) is 1. The summed E-state index contributed by atoms with van der Waals surface area (Å²) in [5, 5.41) is 0.454. The zero-order valence-corrected chi connectivity index (χ0v) is 10.7. The van der Waals surface area contributed by atoms with Crippen LogP contribution in [0, 0.1) is 13.8 Å². The highest BCUT2D eigenvalue weighted by Gasteiger charge is 2.14. The highest BCUT2D eigenvalue weighted by atomic mass is 35.5. The van der Waals surface area contributed by atoms with E-state index in [1.165, 1.54) is 0 Å². The van der Waals surface area contributed by atoms with Gasteiger partial charge < -0.3 is 15.5 Å². The van der Waals surface area contributed by atoms with Gasteiger partial charge in [-0.2, -0.15) is 0 Å². The van der Waals surface area contributed by atoms with Gasteiger partial charge >= 0.3 is 0 Å². The van der Waals surface area contributed by atoms with Crippen LogP contribution in [0.1, 0.15) is 11.1 Å². The van der Waals surface area contributed by atoms with Crippen LogP contribution in [0.5, 0.6) is 5.75 Å². The Balaban J connectivity index is 2.61. The van der Waals surface area contributed by atoms with Crippen LogP contribution >= 0.6 is 11.6 Å². The predicted molar refractivity (Wildman–Crippen MR) is 69.5 cm³/mol. The number of rotatable bonds is 2. The van der Waals surface area contributed by atoms with E-state index in [-0.39, 0.29) is 0 Å². The number of methoxy groups -OCH3 is 1. The molecule has 0 saturated carbocycles. The molecule has 1 heterocycles. The lowest BCUT2D eigenvalue weighted by molar-refractivity contribution is 0.411. The summed E-state index contributed by atoms with van der Waals surface area (Å²) in [7, 11) is 1.65. The number of aromatic nitrogens is 2. The Bertz CT molecular complexity index is 563. The number of H-pyrrole nitrogens is 1. The minimum absolute atomic E-state index is 0.317. The van der Waals surface area contributed by atoms with E-state index >= 15 is 0 Å². The zero-order chi connectivity index (χ0) is 12.6. The van der Waals surface area contributed by atoms with Crippen LogP contribution in [0.25, 0.3) is 11.3 Å². The molecule has 5 heteroatoms. The molecule has 3 N–H and O–H groups in total. The fraction of sp³-hybridized carbons (Fsp3) is 0.250. The van der Waals surface area contributed by atoms with E-state index in [1.54, 1.807) is 7.11 Å². The summed E-state index contributed by atoms with van der Waals surface area (Å²) in [6.07, 6.45) is 0. The summed E-state index contributed by atoms with van der Waals surface area (Å²) >= 11 is 6.05. The van der Waals surface area contributed by atoms with Gasteiger partial charge in [-0.3, -0.25) is 0 Å². The molecule has 0 spiro atoms. The van der Waals surface area contributed by atoms with E-state index in [1.807, 2.05) is 26.0 Å². The van der Waals surface area contributed by atoms with Crippen LogP contribution in [0.2, 0.25) is 5.15 Å². The third-order valence-corrected chi connectivity index (χ3v) is 3.16. The number of benzene rings is 1. The number of aromatic amines is 1. The molecule has 0 aliphatic rings. The number of anilines is 1. The molecule has 0 aliphatic heterocycles. The fourth-order valence-electron chi connectivity index (χ4n) is 1.82. The van der Waals surface area contributed by atoms with Crippen LogP contribution in [-0.2, 0) is 0 Å². The Morgan fingerprint density at radius 1 is 1.29 bits per heavy atom. The van der Waals surface area contributed by atoms with Crippen molar-refractivity contribution in [2.45, 2.75) is 13.8 Å². The van der Waals surface area contributed by atoms with Crippen molar-refractivity contribution in [3.05, 3.63) is 28.4 Å². The van der Waals surface area contributed by atoms with Crippen LogP contribution < -0.4 is 10.5 Å². The van der Waals surface area contributed by atoms with E-state index in [9.17, 15) is 0 Å². The first-order valence-corrected chi connectivity index (χ1v) is 5.58. The average Bonchev–Trinajstić information content (AvgIpc) is 2.62. The number of nitrogen functional groups attached to an aromatic ring is 1. The molecule has 0 amide bonds. The highest BCUT2D eigenvalue weighted by Crippen LogP contribution is 2.33. The number of hydrogen-bond donors (Lipinski definition) is 2. The predicted octanol–water partition coefficient (Wildman–Crippen LogP) is 2.94. The van der Waals surface area contributed by atoms with E-state index in [2.05, 4.69) is 9.97 Å². The lowest BCUT2D eigenvalue weighted by atomic mass is 10.0. The molecule has 0 saturated heterocycles. The Hall–Kier alpha value is -1.68. The summed E-state index contributed by atoms with van der Waals surface area (Å²) in [6, 6.07) is 3.83. The number of nitrogens with zero attached hydrogens (tertiary/aromatic N) is 1. The average molecular weight is 252 g/mol. The van der Waals surface area contributed by atoms with E-state index in [0.29, 0.717) is 16.8 Å². The van der Waals surface area contributed by atoms with Crippen LogP contribution in [0.3, 0.4) is 0 Å². The molecule has 1 aromatic carbocycles. The number of ether oxygens (including phenoxy) is 1. The summed E-state index contributed by atoms with van der Waals surface area (Å²) in [5.41, 5.74) is 9.37. The maximum absolute atomic E-state index is 6.05. The van der Waals surface area contributed by atoms with Crippen molar-refractivity contribution in [1.82, 2.24) is 9.97 Å². The second-order valence-electron chi connectivity index (χ2n) is 3.85. The topological polar surface area (TPSA) is 63.9 Å². The normalized spacial score (nSPS) is 10.6. The molecule has 2 rings (SSSR count). The second kappa shape index (κ2) is 4.30. The van der Waals surface area contributed by atoms with Gasteiger partial charge in [-0.25, -0.2) is 4.98 Å². The van der Waals surface area contributed by atoms with Crippen molar-refractivity contribution in [2.24, 2.45) is 0 Å². The van der Waals surface area contributed by atoms with Crippen molar-refractivity contribution in [2.75, 3.05) is 12.8 Å². The smallest absolute Gasteiger partial charge is 0.199 e. The lowest BCUT2D eigenvalue weighted by Crippen LogP contribution is -1.93. The SMILES string of the molecule is COc1ccc(-c2nc(N)[nH]c2Cl)c(C)c1C. The summed E-state index contributed by atoms with van der Waals surface area (Å²) in [6.45, 7) is 4.01. The Kier molecular flexibility index (Phi) is 2.98. The standard InChI is InChI=1S/C12H14ClN3O/c1-6-7(2)9(17-3)5-4-8(6)10-11(13)16-12(14)15-10/h4-5H,1-3H3,(H3,14,15,16). The van der Waals surface area contributed by atoms with E-state index in [0.717, 1.165) is 22.4 Å². The molecule has 1 aromatic heterocycles. The molecule has 0 bridgehead atoms. The van der Waals surface area contributed by atoms with Crippen molar-refractivity contribution in [3.63, 3.8) is 0 Å². The number of imidazole rings is 1. The molecular weight excluding hydrogens is 238 g/mol. The summed E-state index contributed by atoms with van der Waals surface area (Å²) in [5.74, 6) is 1.17. The van der Waals surface area contributed by atoms with Crippen molar-refractivity contribution >= 4 is 17.5 Å². The first-order chi connectivity index (χ1) is 8.04. The van der Waals surface area contributed by atoms with Crippen LogP contribution in [0.15, 0.2) is 12.1 Å².